The highest BCUT2D eigenvalue weighted by atomic mass is 15.3. The molecule has 2 aromatic heterocycles. The van der Waals surface area contributed by atoms with Gasteiger partial charge in [0.2, 0.25) is 0 Å². The summed E-state index contributed by atoms with van der Waals surface area (Å²) in [6, 6.07) is 4.08. The van der Waals surface area contributed by atoms with Crippen molar-refractivity contribution in [2.24, 2.45) is 0 Å². The second kappa shape index (κ2) is 3.31. The van der Waals surface area contributed by atoms with Gasteiger partial charge in [0.05, 0.1) is 0 Å². The highest BCUT2D eigenvalue weighted by molar-refractivity contribution is 5.46. The van der Waals surface area contributed by atoms with E-state index in [9.17, 15) is 0 Å². The summed E-state index contributed by atoms with van der Waals surface area (Å²) in [5.74, 6) is 1.47. The van der Waals surface area contributed by atoms with Gasteiger partial charge in [-0.3, -0.25) is 0 Å². The third kappa shape index (κ3) is 1.41. The van der Waals surface area contributed by atoms with Crippen molar-refractivity contribution in [1.29, 1.82) is 0 Å². The molecule has 0 amide bonds. The maximum atomic E-state index is 4.61. The highest BCUT2D eigenvalue weighted by Crippen LogP contribution is 2.20. The van der Waals surface area contributed by atoms with E-state index in [-0.39, 0.29) is 0 Å². The molecule has 2 aromatic rings. The molecule has 3 heterocycles. The summed E-state index contributed by atoms with van der Waals surface area (Å²) >= 11 is 0. The van der Waals surface area contributed by atoms with Gasteiger partial charge in [0.15, 0.2) is 11.5 Å². The van der Waals surface area contributed by atoms with Crippen molar-refractivity contribution in [3.05, 3.63) is 29.7 Å². The minimum atomic E-state index is 0.490. The Kier molecular flexibility index (Phi) is 1.95. The lowest BCUT2D eigenvalue weighted by Crippen LogP contribution is -2.08. The van der Waals surface area contributed by atoms with Gasteiger partial charge >= 0.3 is 0 Å². The fourth-order valence-electron chi connectivity index (χ4n) is 2.10. The van der Waals surface area contributed by atoms with Gasteiger partial charge < -0.3 is 5.32 Å². The molecule has 15 heavy (non-hydrogen) atoms. The van der Waals surface area contributed by atoms with Gasteiger partial charge in [-0.15, -0.1) is 0 Å². The van der Waals surface area contributed by atoms with E-state index in [0.717, 1.165) is 31.0 Å². The summed E-state index contributed by atoms with van der Waals surface area (Å²) in [5, 5.41) is 7.86. The van der Waals surface area contributed by atoms with Gasteiger partial charge in [0, 0.05) is 18.7 Å². The van der Waals surface area contributed by atoms with Gasteiger partial charge in [0.1, 0.15) is 0 Å². The average Bonchev–Trinajstić information content (AvgIpc) is 2.86. The second-order valence-corrected chi connectivity index (χ2v) is 4.12. The number of aryl methyl sites for hydroxylation is 1. The molecule has 0 bridgehead atoms. The van der Waals surface area contributed by atoms with Crippen molar-refractivity contribution in [2.75, 3.05) is 13.1 Å². The lowest BCUT2D eigenvalue weighted by atomic mass is 10.1. The molecule has 1 N–H and O–H groups in total. The zero-order valence-electron chi connectivity index (χ0n) is 8.77. The Balaban J connectivity index is 2.09. The Morgan fingerprint density at radius 2 is 2.47 bits per heavy atom. The summed E-state index contributed by atoms with van der Waals surface area (Å²) < 4.78 is 1.88. The normalized spacial score (nSPS) is 21.3. The Morgan fingerprint density at radius 3 is 3.20 bits per heavy atom. The molecule has 0 saturated carbocycles. The summed E-state index contributed by atoms with van der Waals surface area (Å²) in [5.41, 5.74) is 2.17. The molecule has 0 aromatic carbocycles. The second-order valence-electron chi connectivity index (χ2n) is 4.12. The van der Waals surface area contributed by atoms with E-state index < -0.39 is 0 Å². The number of nitrogens with zero attached hydrogens (tertiary/aromatic N) is 3. The summed E-state index contributed by atoms with van der Waals surface area (Å²) in [4.78, 5) is 4.61. The first kappa shape index (κ1) is 8.85. The van der Waals surface area contributed by atoms with Crippen LogP contribution >= 0.6 is 0 Å². The third-order valence-corrected chi connectivity index (χ3v) is 3.00. The molecule has 4 heteroatoms. The molecule has 0 spiro atoms. The summed E-state index contributed by atoms with van der Waals surface area (Å²) in [6.07, 6.45) is 3.11. The fourth-order valence-corrected chi connectivity index (χ4v) is 2.10. The van der Waals surface area contributed by atoms with Crippen molar-refractivity contribution in [3.8, 4) is 0 Å². The van der Waals surface area contributed by atoms with E-state index in [1.54, 1.807) is 0 Å². The van der Waals surface area contributed by atoms with Crippen LogP contribution in [-0.2, 0) is 0 Å². The van der Waals surface area contributed by atoms with Crippen LogP contribution in [0.4, 0.5) is 0 Å². The number of pyridine rings is 1. The van der Waals surface area contributed by atoms with Gasteiger partial charge in [-0.2, -0.15) is 5.10 Å². The molecular formula is C11H14N4. The van der Waals surface area contributed by atoms with Crippen LogP contribution in [0.25, 0.3) is 5.65 Å². The third-order valence-electron chi connectivity index (χ3n) is 3.00. The largest absolute Gasteiger partial charge is 0.316 e. The molecule has 3 rings (SSSR count). The number of hydrogen-bond acceptors (Lipinski definition) is 3. The lowest BCUT2D eigenvalue weighted by molar-refractivity contribution is 0.698. The summed E-state index contributed by atoms with van der Waals surface area (Å²) in [7, 11) is 0. The number of rotatable bonds is 1. The molecule has 1 saturated heterocycles. The van der Waals surface area contributed by atoms with Crippen molar-refractivity contribution < 1.29 is 0 Å². The first-order chi connectivity index (χ1) is 7.34. The van der Waals surface area contributed by atoms with Crippen LogP contribution < -0.4 is 5.32 Å². The number of aromatic nitrogens is 3. The highest BCUT2D eigenvalue weighted by Gasteiger charge is 2.21. The fraction of sp³-hybridized carbons (Fsp3) is 0.455. The van der Waals surface area contributed by atoms with Crippen LogP contribution in [0.5, 0.6) is 0 Å². The minimum Gasteiger partial charge on any atom is -0.316 e. The van der Waals surface area contributed by atoms with E-state index in [2.05, 4.69) is 28.4 Å². The van der Waals surface area contributed by atoms with E-state index in [4.69, 9.17) is 0 Å². The maximum Gasteiger partial charge on any atom is 0.158 e. The van der Waals surface area contributed by atoms with Crippen LogP contribution in [-0.4, -0.2) is 27.7 Å². The van der Waals surface area contributed by atoms with Crippen LogP contribution in [0.2, 0.25) is 0 Å². The number of nitrogens with one attached hydrogen (secondary N) is 1. The van der Waals surface area contributed by atoms with E-state index >= 15 is 0 Å². The van der Waals surface area contributed by atoms with E-state index in [1.807, 2.05) is 16.8 Å². The van der Waals surface area contributed by atoms with Gasteiger partial charge in [-0.05, 0) is 31.5 Å². The average molecular weight is 202 g/mol. The summed E-state index contributed by atoms with van der Waals surface area (Å²) in [6.45, 7) is 4.16. The molecule has 0 aliphatic carbocycles. The molecular weight excluding hydrogens is 188 g/mol. The smallest absolute Gasteiger partial charge is 0.158 e. The molecule has 1 fully saturated rings. The Labute approximate surface area is 88.3 Å². The van der Waals surface area contributed by atoms with Gasteiger partial charge in [-0.1, -0.05) is 6.07 Å². The molecule has 1 unspecified atom stereocenters. The van der Waals surface area contributed by atoms with Crippen LogP contribution in [0.3, 0.4) is 0 Å². The zero-order chi connectivity index (χ0) is 10.3. The van der Waals surface area contributed by atoms with E-state index in [0.29, 0.717) is 5.92 Å². The van der Waals surface area contributed by atoms with Crippen LogP contribution in [0.15, 0.2) is 18.3 Å². The van der Waals surface area contributed by atoms with Gasteiger partial charge in [0.25, 0.3) is 0 Å². The maximum absolute atomic E-state index is 4.61. The standard InChI is InChI=1S/C11H14N4/c1-8-3-2-6-15-11(8)13-10(14-15)9-4-5-12-7-9/h2-3,6,9,12H,4-5,7H2,1H3. The first-order valence-corrected chi connectivity index (χ1v) is 5.37. The molecule has 4 nitrogen and oxygen atoms in total. The lowest BCUT2D eigenvalue weighted by Gasteiger charge is -1.99. The monoisotopic (exact) mass is 202 g/mol. The van der Waals surface area contributed by atoms with Crippen molar-refractivity contribution in [1.82, 2.24) is 19.9 Å². The quantitative estimate of drug-likeness (QED) is 0.753. The van der Waals surface area contributed by atoms with Gasteiger partial charge in [-0.25, -0.2) is 9.50 Å². The molecule has 1 atom stereocenters. The number of fused-ring (bicyclic) bond motifs is 1. The Bertz CT molecular complexity index is 482. The topological polar surface area (TPSA) is 42.2 Å². The zero-order valence-corrected chi connectivity index (χ0v) is 8.77. The molecule has 1 aliphatic heterocycles. The molecule has 78 valence electrons. The first-order valence-electron chi connectivity index (χ1n) is 5.37. The SMILES string of the molecule is Cc1cccn2nc(C3CCNC3)nc12. The predicted molar refractivity (Wildman–Crippen MR) is 58.0 cm³/mol. The predicted octanol–water partition coefficient (Wildman–Crippen LogP) is 1.11. The van der Waals surface area contributed by atoms with Crippen LogP contribution in [0.1, 0.15) is 23.7 Å². The number of hydrogen-bond donors (Lipinski definition) is 1. The van der Waals surface area contributed by atoms with E-state index in [1.165, 1.54) is 5.56 Å². The van der Waals surface area contributed by atoms with Crippen molar-refractivity contribution >= 4 is 5.65 Å². The Morgan fingerprint density at radius 1 is 1.53 bits per heavy atom. The molecule has 1 aliphatic rings. The van der Waals surface area contributed by atoms with Crippen LogP contribution in [0, 0.1) is 6.92 Å². The van der Waals surface area contributed by atoms with Crippen molar-refractivity contribution in [2.45, 2.75) is 19.3 Å². The Hall–Kier alpha value is -1.42. The molecule has 0 radical (unpaired) electrons. The van der Waals surface area contributed by atoms with Crippen molar-refractivity contribution in [3.63, 3.8) is 0 Å². The minimum absolute atomic E-state index is 0.490.